The fourth-order valence-electron chi connectivity index (χ4n) is 3.95. The molecule has 9 heteroatoms. The van der Waals surface area contributed by atoms with Crippen LogP contribution in [0.25, 0.3) is 22.0 Å². The summed E-state index contributed by atoms with van der Waals surface area (Å²) in [6.07, 6.45) is 0. The number of hydrogen-bond acceptors (Lipinski definition) is 7. The molecule has 174 valence electrons. The van der Waals surface area contributed by atoms with Gasteiger partial charge in [0.2, 0.25) is 11.7 Å². The van der Waals surface area contributed by atoms with Crippen molar-refractivity contribution in [1.82, 2.24) is 24.9 Å². The second-order valence-electron chi connectivity index (χ2n) is 8.37. The standard InChI is InChI=1S/C25H24ClN5O2S/c1-16-3-5-18(6-4-16)22-28-23(33-29-22)17(2)30-11-13-31(14-12-30)25(32)21-15-34-24(27-21)19-7-9-20(26)10-8-19/h3-10,15,17H,11-14H2,1-2H3. The van der Waals surface area contributed by atoms with Crippen molar-refractivity contribution in [3.63, 3.8) is 0 Å². The highest BCUT2D eigenvalue weighted by Gasteiger charge is 2.29. The highest BCUT2D eigenvalue weighted by atomic mass is 35.5. The molecular formula is C25H24ClN5O2S. The molecule has 0 saturated carbocycles. The number of halogens is 1. The molecule has 1 fully saturated rings. The Hall–Kier alpha value is -3.07. The lowest BCUT2D eigenvalue weighted by Gasteiger charge is -2.36. The van der Waals surface area contributed by atoms with Gasteiger partial charge in [0.1, 0.15) is 10.7 Å². The van der Waals surface area contributed by atoms with E-state index in [2.05, 4.69) is 26.9 Å². The molecule has 0 radical (unpaired) electrons. The SMILES string of the molecule is Cc1ccc(-c2noc(C(C)N3CCN(C(=O)c4csc(-c5ccc(Cl)cc5)n4)CC3)n2)cc1. The van der Waals surface area contributed by atoms with E-state index in [0.717, 1.165) is 29.2 Å². The molecule has 1 amide bonds. The Balaban J connectivity index is 1.20. The highest BCUT2D eigenvalue weighted by Crippen LogP contribution is 2.27. The molecule has 3 heterocycles. The summed E-state index contributed by atoms with van der Waals surface area (Å²) in [4.78, 5) is 26.3. The van der Waals surface area contributed by atoms with E-state index in [0.29, 0.717) is 35.5 Å². The highest BCUT2D eigenvalue weighted by molar-refractivity contribution is 7.13. The van der Waals surface area contributed by atoms with Crippen molar-refractivity contribution < 1.29 is 9.32 Å². The monoisotopic (exact) mass is 493 g/mol. The lowest BCUT2D eigenvalue weighted by Crippen LogP contribution is -2.49. The van der Waals surface area contributed by atoms with Crippen molar-refractivity contribution in [2.24, 2.45) is 0 Å². The Morgan fingerprint density at radius 2 is 1.68 bits per heavy atom. The van der Waals surface area contributed by atoms with Gasteiger partial charge in [-0.15, -0.1) is 11.3 Å². The number of carbonyl (C=O) groups excluding carboxylic acids is 1. The van der Waals surface area contributed by atoms with E-state index in [9.17, 15) is 4.79 Å². The fourth-order valence-corrected chi connectivity index (χ4v) is 4.88. The number of benzene rings is 2. The van der Waals surface area contributed by atoms with Crippen molar-refractivity contribution in [3.05, 3.63) is 76.1 Å². The third kappa shape index (κ3) is 4.75. The van der Waals surface area contributed by atoms with Crippen molar-refractivity contribution in [1.29, 1.82) is 0 Å². The van der Waals surface area contributed by atoms with Crippen molar-refractivity contribution in [3.8, 4) is 22.0 Å². The Morgan fingerprint density at radius 1 is 1.00 bits per heavy atom. The molecule has 2 aromatic carbocycles. The predicted molar refractivity (Wildman–Crippen MR) is 133 cm³/mol. The maximum Gasteiger partial charge on any atom is 0.273 e. The lowest BCUT2D eigenvalue weighted by molar-refractivity contribution is 0.0547. The van der Waals surface area contributed by atoms with E-state index in [1.165, 1.54) is 16.9 Å². The molecule has 34 heavy (non-hydrogen) atoms. The maximum atomic E-state index is 13.0. The average Bonchev–Trinajstić information content (AvgIpc) is 3.55. The van der Waals surface area contributed by atoms with Crippen molar-refractivity contribution in [2.75, 3.05) is 26.2 Å². The zero-order valence-corrected chi connectivity index (χ0v) is 20.5. The molecule has 0 aliphatic carbocycles. The minimum absolute atomic E-state index is 0.0280. The van der Waals surface area contributed by atoms with Crippen LogP contribution in [0.4, 0.5) is 0 Å². The average molecular weight is 494 g/mol. The normalized spacial score (nSPS) is 15.4. The van der Waals surface area contributed by atoms with Crippen LogP contribution in [0.15, 0.2) is 58.4 Å². The molecule has 5 rings (SSSR count). The molecule has 2 aromatic heterocycles. The number of aromatic nitrogens is 3. The van der Waals surface area contributed by atoms with Crippen LogP contribution < -0.4 is 0 Å². The van der Waals surface area contributed by atoms with E-state index < -0.39 is 0 Å². The van der Waals surface area contributed by atoms with Gasteiger partial charge in [0, 0.05) is 47.7 Å². The molecule has 1 aliphatic rings. The minimum Gasteiger partial charge on any atom is -0.337 e. The molecule has 1 saturated heterocycles. The van der Waals surface area contributed by atoms with Crippen LogP contribution in [0, 0.1) is 6.92 Å². The van der Waals surface area contributed by atoms with E-state index in [1.54, 1.807) is 0 Å². The van der Waals surface area contributed by atoms with E-state index in [1.807, 2.05) is 65.7 Å². The van der Waals surface area contributed by atoms with Gasteiger partial charge in [0.15, 0.2) is 0 Å². The van der Waals surface area contributed by atoms with E-state index in [4.69, 9.17) is 16.1 Å². The Kier molecular flexibility index (Phi) is 6.45. The number of hydrogen-bond donors (Lipinski definition) is 0. The fraction of sp³-hybridized carbons (Fsp3) is 0.280. The van der Waals surface area contributed by atoms with Crippen LogP contribution in [-0.4, -0.2) is 57.0 Å². The molecule has 1 unspecified atom stereocenters. The second kappa shape index (κ2) is 9.66. The number of amides is 1. The number of nitrogens with zero attached hydrogens (tertiary/aromatic N) is 5. The Bertz CT molecular complexity index is 1280. The van der Waals surface area contributed by atoms with Crippen LogP contribution in [0.1, 0.15) is 34.9 Å². The van der Waals surface area contributed by atoms with E-state index in [-0.39, 0.29) is 11.9 Å². The smallest absolute Gasteiger partial charge is 0.273 e. The summed E-state index contributed by atoms with van der Waals surface area (Å²) in [6.45, 7) is 6.80. The van der Waals surface area contributed by atoms with Gasteiger partial charge in [-0.05, 0) is 26.0 Å². The summed E-state index contributed by atoms with van der Waals surface area (Å²) in [5, 5.41) is 7.47. The zero-order chi connectivity index (χ0) is 23.7. The van der Waals surface area contributed by atoms with E-state index >= 15 is 0 Å². The van der Waals surface area contributed by atoms with Gasteiger partial charge in [0.25, 0.3) is 5.91 Å². The topological polar surface area (TPSA) is 75.4 Å². The summed E-state index contributed by atoms with van der Waals surface area (Å²) in [5.41, 5.74) is 3.56. The molecule has 0 N–H and O–H groups in total. The minimum atomic E-state index is -0.0387. The number of thiazole rings is 1. The predicted octanol–water partition coefficient (Wildman–Crippen LogP) is 5.34. The number of carbonyl (C=O) groups is 1. The van der Waals surface area contributed by atoms with Crippen molar-refractivity contribution in [2.45, 2.75) is 19.9 Å². The first-order valence-corrected chi connectivity index (χ1v) is 12.4. The van der Waals surface area contributed by atoms with Crippen LogP contribution in [0.2, 0.25) is 5.02 Å². The van der Waals surface area contributed by atoms with Gasteiger partial charge in [-0.25, -0.2) is 4.98 Å². The van der Waals surface area contributed by atoms with Gasteiger partial charge in [-0.1, -0.05) is 58.7 Å². The van der Waals surface area contributed by atoms with Crippen LogP contribution in [0.5, 0.6) is 0 Å². The summed E-state index contributed by atoms with van der Waals surface area (Å²) in [7, 11) is 0. The van der Waals surface area contributed by atoms with Gasteiger partial charge in [-0.2, -0.15) is 4.98 Å². The quantitative estimate of drug-likeness (QED) is 0.373. The second-order valence-corrected chi connectivity index (χ2v) is 9.67. The largest absolute Gasteiger partial charge is 0.337 e. The zero-order valence-electron chi connectivity index (χ0n) is 18.9. The molecule has 1 aliphatic heterocycles. The summed E-state index contributed by atoms with van der Waals surface area (Å²) in [6, 6.07) is 15.5. The molecule has 4 aromatic rings. The van der Waals surface area contributed by atoms with Crippen LogP contribution in [-0.2, 0) is 0 Å². The first kappa shape index (κ1) is 22.7. The molecule has 0 bridgehead atoms. The molecule has 0 spiro atoms. The Morgan fingerprint density at radius 3 is 2.38 bits per heavy atom. The first-order valence-electron chi connectivity index (χ1n) is 11.1. The summed E-state index contributed by atoms with van der Waals surface area (Å²) >= 11 is 7.43. The molecular weight excluding hydrogens is 470 g/mol. The van der Waals surface area contributed by atoms with Crippen LogP contribution in [0.3, 0.4) is 0 Å². The molecule has 7 nitrogen and oxygen atoms in total. The Labute approximate surface area is 207 Å². The number of aryl methyl sites for hydroxylation is 1. The number of piperazine rings is 1. The molecule has 1 atom stereocenters. The third-order valence-electron chi connectivity index (χ3n) is 6.07. The van der Waals surface area contributed by atoms with Crippen LogP contribution >= 0.6 is 22.9 Å². The number of rotatable bonds is 5. The maximum absolute atomic E-state index is 13.0. The first-order chi connectivity index (χ1) is 16.5. The summed E-state index contributed by atoms with van der Waals surface area (Å²) < 4.78 is 5.56. The van der Waals surface area contributed by atoms with Crippen molar-refractivity contribution >= 4 is 28.8 Å². The van der Waals surface area contributed by atoms with Gasteiger partial charge < -0.3 is 9.42 Å². The van der Waals surface area contributed by atoms with Gasteiger partial charge in [-0.3, -0.25) is 9.69 Å². The lowest BCUT2D eigenvalue weighted by atomic mass is 10.1. The van der Waals surface area contributed by atoms with Gasteiger partial charge in [0.05, 0.1) is 6.04 Å². The summed E-state index contributed by atoms with van der Waals surface area (Å²) in [5.74, 6) is 1.14. The third-order valence-corrected chi connectivity index (χ3v) is 7.22. The van der Waals surface area contributed by atoms with Gasteiger partial charge >= 0.3 is 0 Å².